The SMILES string of the molecule is C[C@H]1[C@H]([Si](C)(C)O)[C@@H](CC(=O)N2CCC[C@H]2CO)O[C@]12C(=O)N(Cc1cccc(N3CCC3=O)c1)c1ccc(Cl)cc12. The third-order valence-electron chi connectivity index (χ3n) is 9.64. The van der Waals surface area contributed by atoms with Crippen LogP contribution in [-0.2, 0) is 31.3 Å². The van der Waals surface area contributed by atoms with Gasteiger partial charge < -0.3 is 29.3 Å². The summed E-state index contributed by atoms with van der Waals surface area (Å²) in [4.78, 5) is 56.8. The zero-order chi connectivity index (χ0) is 30.0. The first kappa shape index (κ1) is 29.3. The molecule has 11 heteroatoms. The summed E-state index contributed by atoms with van der Waals surface area (Å²) < 4.78 is 6.79. The largest absolute Gasteiger partial charge is 0.432 e. The van der Waals surface area contributed by atoms with Crippen LogP contribution in [0.1, 0.15) is 43.7 Å². The van der Waals surface area contributed by atoms with Crippen LogP contribution in [0.5, 0.6) is 0 Å². The molecule has 6 rings (SSSR count). The average molecular weight is 612 g/mol. The number of benzene rings is 2. The molecule has 4 aliphatic rings. The van der Waals surface area contributed by atoms with E-state index in [0.29, 0.717) is 35.8 Å². The van der Waals surface area contributed by atoms with Gasteiger partial charge >= 0.3 is 0 Å². The van der Waals surface area contributed by atoms with E-state index in [9.17, 15) is 24.3 Å². The van der Waals surface area contributed by atoms with Gasteiger partial charge in [0.1, 0.15) is 0 Å². The summed E-state index contributed by atoms with van der Waals surface area (Å²) in [6.45, 7) is 7.04. The van der Waals surface area contributed by atoms with Crippen molar-refractivity contribution in [3.63, 3.8) is 0 Å². The lowest BCUT2D eigenvalue weighted by atomic mass is 9.82. The minimum Gasteiger partial charge on any atom is -0.432 e. The van der Waals surface area contributed by atoms with Crippen molar-refractivity contribution >= 4 is 49.0 Å². The molecule has 3 fully saturated rings. The molecule has 0 aliphatic carbocycles. The van der Waals surface area contributed by atoms with Gasteiger partial charge in [0.2, 0.25) is 11.8 Å². The second kappa shape index (κ2) is 10.7. The second-order valence-corrected chi connectivity index (χ2v) is 17.1. The quantitative estimate of drug-likeness (QED) is 0.364. The molecule has 5 atom stereocenters. The maximum Gasteiger partial charge on any atom is 0.264 e. The predicted octanol–water partition coefficient (Wildman–Crippen LogP) is 3.79. The Hall–Kier alpha value is -2.76. The Bertz CT molecular complexity index is 1430. The second-order valence-electron chi connectivity index (χ2n) is 12.6. The number of anilines is 2. The summed E-state index contributed by atoms with van der Waals surface area (Å²) in [6.07, 6.45) is 1.48. The number of fused-ring (bicyclic) bond motifs is 2. The molecule has 224 valence electrons. The zero-order valence-corrected chi connectivity index (χ0v) is 26.0. The van der Waals surface area contributed by atoms with Crippen LogP contribution >= 0.6 is 11.6 Å². The van der Waals surface area contributed by atoms with Gasteiger partial charge in [-0.2, -0.15) is 0 Å². The number of hydrogen-bond acceptors (Lipinski definition) is 6. The first-order valence-corrected chi connectivity index (χ1v) is 18.2. The van der Waals surface area contributed by atoms with Crippen LogP contribution in [0.4, 0.5) is 11.4 Å². The molecule has 2 aromatic carbocycles. The Morgan fingerprint density at radius 2 is 1.95 bits per heavy atom. The molecule has 3 saturated heterocycles. The lowest BCUT2D eigenvalue weighted by Crippen LogP contribution is -2.46. The van der Waals surface area contributed by atoms with Crippen molar-refractivity contribution in [1.82, 2.24) is 4.90 Å². The fraction of sp³-hybridized carbons (Fsp3) is 0.516. The van der Waals surface area contributed by atoms with Crippen molar-refractivity contribution in [3.8, 4) is 0 Å². The number of amides is 3. The van der Waals surface area contributed by atoms with Gasteiger partial charge in [-0.05, 0) is 61.8 Å². The molecule has 0 saturated carbocycles. The molecule has 1 spiro atoms. The van der Waals surface area contributed by atoms with Crippen molar-refractivity contribution < 1.29 is 29.0 Å². The van der Waals surface area contributed by atoms with E-state index in [-0.39, 0.29) is 43.3 Å². The number of β-lactam (4-membered cyclic amide) rings is 1. The van der Waals surface area contributed by atoms with Gasteiger partial charge in [-0.1, -0.05) is 30.7 Å². The molecule has 9 nitrogen and oxygen atoms in total. The standard InChI is InChI=1S/C31H38ClN3O6Si/c1-19-29(42(2,3)40)26(16-28(38)33-12-5-8-23(33)18-36)41-31(19)24-15-21(32)9-10-25(24)35(30(31)39)17-20-6-4-7-22(14-20)34-13-11-27(34)37/h4,6-7,9-10,14-15,19,23,26,29,36,40H,5,8,11-13,16-18H2,1-3H3/t19-,23-,26+,29-,31+/m0/s1. The van der Waals surface area contributed by atoms with E-state index in [2.05, 4.69) is 0 Å². The van der Waals surface area contributed by atoms with Gasteiger partial charge in [0.25, 0.3) is 5.91 Å². The van der Waals surface area contributed by atoms with Crippen LogP contribution in [0.3, 0.4) is 0 Å². The lowest BCUT2D eigenvalue weighted by Gasteiger charge is -2.33. The molecule has 0 aromatic heterocycles. The number of carbonyl (C=O) groups excluding carboxylic acids is 3. The first-order valence-electron chi connectivity index (χ1n) is 14.8. The summed E-state index contributed by atoms with van der Waals surface area (Å²) in [5.74, 6) is -0.715. The van der Waals surface area contributed by atoms with Crippen molar-refractivity contribution in [3.05, 3.63) is 58.6 Å². The Labute approximate surface area is 252 Å². The number of halogens is 1. The molecule has 2 aromatic rings. The van der Waals surface area contributed by atoms with E-state index in [0.717, 1.165) is 24.1 Å². The van der Waals surface area contributed by atoms with E-state index in [1.807, 2.05) is 50.3 Å². The highest BCUT2D eigenvalue weighted by atomic mass is 35.5. The molecule has 4 heterocycles. The Morgan fingerprint density at radius 1 is 1.17 bits per heavy atom. The molecular weight excluding hydrogens is 574 g/mol. The molecule has 0 unspecified atom stereocenters. The van der Waals surface area contributed by atoms with Crippen LogP contribution in [0.2, 0.25) is 23.7 Å². The monoisotopic (exact) mass is 611 g/mol. The fourth-order valence-electron chi connectivity index (χ4n) is 7.64. The molecule has 0 radical (unpaired) electrons. The topological polar surface area (TPSA) is 111 Å². The minimum atomic E-state index is -2.95. The minimum absolute atomic E-state index is 0.0271. The average Bonchev–Trinajstić information content (AvgIpc) is 3.58. The summed E-state index contributed by atoms with van der Waals surface area (Å²) >= 11 is 6.50. The molecule has 4 aliphatic heterocycles. The van der Waals surface area contributed by atoms with Gasteiger partial charge in [0, 0.05) is 47.2 Å². The molecular formula is C31H38ClN3O6Si. The summed E-state index contributed by atoms with van der Waals surface area (Å²) in [5, 5.41) is 10.3. The van der Waals surface area contributed by atoms with Crippen LogP contribution in [0, 0.1) is 5.92 Å². The highest BCUT2D eigenvalue weighted by molar-refractivity contribution is 6.71. The van der Waals surface area contributed by atoms with E-state index in [1.165, 1.54) is 0 Å². The number of hydrogen-bond donors (Lipinski definition) is 2. The van der Waals surface area contributed by atoms with E-state index < -0.39 is 31.5 Å². The van der Waals surface area contributed by atoms with Gasteiger partial charge in [0.15, 0.2) is 13.9 Å². The van der Waals surface area contributed by atoms with Crippen molar-refractivity contribution in [1.29, 1.82) is 0 Å². The van der Waals surface area contributed by atoms with E-state index in [1.54, 1.807) is 26.8 Å². The van der Waals surface area contributed by atoms with E-state index >= 15 is 0 Å². The molecule has 2 N–H and O–H groups in total. The maximum atomic E-state index is 14.6. The summed E-state index contributed by atoms with van der Waals surface area (Å²) in [7, 11) is -2.95. The van der Waals surface area contributed by atoms with E-state index in [4.69, 9.17) is 16.3 Å². The summed E-state index contributed by atoms with van der Waals surface area (Å²) in [6, 6.07) is 12.8. The van der Waals surface area contributed by atoms with Crippen LogP contribution in [0.25, 0.3) is 0 Å². The van der Waals surface area contributed by atoms with Gasteiger partial charge in [-0.25, -0.2) is 0 Å². The van der Waals surface area contributed by atoms with Gasteiger partial charge in [0.05, 0.1) is 37.4 Å². The number of aliphatic hydroxyl groups is 1. The highest BCUT2D eigenvalue weighted by Crippen LogP contribution is 2.60. The molecule has 3 amide bonds. The number of rotatable bonds is 7. The fourth-order valence-corrected chi connectivity index (χ4v) is 10.4. The Balaban J connectivity index is 1.35. The van der Waals surface area contributed by atoms with Crippen molar-refractivity contribution in [2.45, 2.75) is 75.5 Å². The Kier molecular flexibility index (Phi) is 7.50. The number of ether oxygens (including phenoxy) is 1. The highest BCUT2D eigenvalue weighted by Gasteiger charge is 2.66. The van der Waals surface area contributed by atoms with Crippen molar-refractivity contribution in [2.24, 2.45) is 5.92 Å². The van der Waals surface area contributed by atoms with Crippen LogP contribution < -0.4 is 9.80 Å². The van der Waals surface area contributed by atoms with Crippen LogP contribution in [0.15, 0.2) is 42.5 Å². The number of aliphatic hydroxyl groups excluding tert-OH is 1. The molecule has 42 heavy (non-hydrogen) atoms. The maximum absolute atomic E-state index is 14.6. The number of carbonyl (C=O) groups is 3. The smallest absolute Gasteiger partial charge is 0.264 e. The number of nitrogens with zero attached hydrogens (tertiary/aromatic N) is 3. The van der Waals surface area contributed by atoms with Crippen molar-refractivity contribution in [2.75, 3.05) is 29.5 Å². The third kappa shape index (κ3) is 4.68. The molecule has 0 bridgehead atoms. The lowest BCUT2D eigenvalue weighted by molar-refractivity contribution is -0.150. The van der Waals surface area contributed by atoms with Crippen LogP contribution in [-0.4, -0.2) is 72.7 Å². The van der Waals surface area contributed by atoms with Gasteiger partial charge in [-0.15, -0.1) is 0 Å². The Morgan fingerprint density at radius 3 is 2.62 bits per heavy atom. The first-order chi connectivity index (χ1) is 20.0. The predicted molar refractivity (Wildman–Crippen MR) is 162 cm³/mol. The normalized spacial score (nSPS) is 29.0. The summed E-state index contributed by atoms with van der Waals surface area (Å²) in [5.41, 5.74) is 1.21. The third-order valence-corrected chi connectivity index (χ3v) is 12.4. The number of likely N-dealkylation sites (tertiary alicyclic amines) is 1. The zero-order valence-electron chi connectivity index (χ0n) is 24.3. The van der Waals surface area contributed by atoms with Gasteiger partial charge in [-0.3, -0.25) is 14.4 Å².